The molecule has 0 saturated carbocycles. The first-order valence-electron chi connectivity index (χ1n) is 5.67. The van der Waals surface area contributed by atoms with E-state index < -0.39 is 0 Å². The Kier molecular flexibility index (Phi) is 6.46. The minimum Gasteiger partial charge on any atom is -0.375 e. The number of rotatable bonds is 6. The largest absolute Gasteiger partial charge is 0.375 e. The zero-order valence-corrected chi connectivity index (χ0v) is 11.8. The fourth-order valence-electron chi connectivity index (χ4n) is 1.51. The fraction of sp³-hybridized carbons (Fsp3) is 0.333. The summed E-state index contributed by atoms with van der Waals surface area (Å²) in [7, 11) is 0. The van der Waals surface area contributed by atoms with Crippen molar-refractivity contribution in [2.75, 3.05) is 23.9 Å². The van der Waals surface area contributed by atoms with E-state index in [4.69, 9.17) is 17.3 Å². The van der Waals surface area contributed by atoms with Gasteiger partial charge in [0.05, 0.1) is 6.21 Å². The molecule has 0 saturated heterocycles. The van der Waals surface area contributed by atoms with Crippen molar-refractivity contribution < 1.29 is 0 Å². The van der Waals surface area contributed by atoms with E-state index in [-0.39, 0.29) is 5.11 Å². The van der Waals surface area contributed by atoms with Crippen LogP contribution in [0.3, 0.4) is 0 Å². The Balaban J connectivity index is 2.66. The molecule has 0 atom stereocenters. The van der Waals surface area contributed by atoms with Crippen LogP contribution in [-0.4, -0.2) is 30.3 Å². The van der Waals surface area contributed by atoms with Gasteiger partial charge in [0.1, 0.15) is 0 Å². The fourth-order valence-corrected chi connectivity index (χ4v) is 1.77. The predicted octanol–water partition coefficient (Wildman–Crippen LogP) is 1.92. The van der Waals surface area contributed by atoms with Gasteiger partial charge >= 0.3 is 0 Å². The van der Waals surface area contributed by atoms with Crippen molar-refractivity contribution >= 4 is 40.8 Å². The maximum Gasteiger partial charge on any atom is 0.184 e. The van der Waals surface area contributed by atoms with Crippen LogP contribution in [0, 0.1) is 0 Å². The summed E-state index contributed by atoms with van der Waals surface area (Å²) >= 11 is 10.4. The van der Waals surface area contributed by atoms with Crippen LogP contribution in [0.2, 0.25) is 0 Å². The van der Waals surface area contributed by atoms with Gasteiger partial charge in [-0.15, -0.1) is 11.6 Å². The number of hydrogen-bond donors (Lipinski definition) is 2. The minimum atomic E-state index is 0.155. The number of alkyl halides is 1. The average Bonchev–Trinajstić information content (AvgIpc) is 2.36. The number of nitrogens with zero attached hydrogens (tertiary/aromatic N) is 2. The van der Waals surface area contributed by atoms with Crippen LogP contribution in [0.25, 0.3) is 0 Å². The van der Waals surface area contributed by atoms with Gasteiger partial charge in [-0.25, -0.2) is 0 Å². The third kappa shape index (κ3) is 4.89. The molecular weight excluding hydrogens is 268 g/mol. The predicted molar refractivity (Wildman–Crippen MR) is 82.6 cm³/mol. The molecule has 6 heteroatoms. The first-order valence-corrected chi connectivity index (χ1v) is 6.61. The van der Waals surface area contributed by atoms with Crippen molar-refractivity contribution in [3.63, 3.8) is 0 Å². The summed E-state index contributed by atoms with van der Waals surface area (Å²) in [5, 5.41) is 4.05. The first kappa shape index (κ1) is 14.7. The van der Waals surface area contributed by atoms with Gasteiger partial charge in [0.2, 0.25) is 0 Å². The van der Waals surface area contributed by atoms with Crippen LogP contribution in [0.4, 0.5) is 5.69 Å². The topological polar surface area (TPSA) is 53.6 Å². The van der Waals surface area contributed by atoms with Gasteiger partial charge in [-0.2, -0.15) is 5.10 Å². The number of halogens is 1. The van der Waals surface area contributed by atoms with Gasteiger partial charge in [-0.1, -0.05) is 12.1 Å². The zero-order chi connectivity index (χ0) is 13.4. The number of hydrogen-bond acceptors (Lipinski definition) is 3. The Labute approximate surface area is 118 Å². The molecule has 0 spiro atoms. The first-order chi connectivity index (χ1) is 8.67. The number of benzene rings is 1. The number of nitrogens with one attached hydrogen (secondary N) is 1. The molecule has 0 aliphatic heterocycles. The molecule has 3 N–H and O–H groups in total. The van der Waals surface area contributed by atoms with E-state index in [1.807, 2.05) is 24.3 Å². The minimum absolute atomic E-state index is 0.155. The lowest BCUT2D eigenvalue weighted by Crippen LogP contribution is -2.24. The maximum absolute atomic E-state index is 5.76. The molecule has 18 heavy (non-hydrogen) atoms. The SMILES string of the molecule is CCN(CCCl)c1ccc(C=NNC(N)=S)cc1. The van der Waals surface area contributed by atoms with E-state index >= 15 is 0 Å². The van der Waals surface area contributed by atoms with Crippen LogP contribution in [0.15, 0.2) is 29.4 Å². The molecule has 1 rings (SSSR count). The molecule has 1 aromatic carbocycles. The highest BCUT2D eigenvalue weighted by molar-refractivity contribution is 7.80. The van der Waals surface area contributed by atoms with Gasteiger partial charge < -0.3 is 10.6 Å². The van der Waals surface area contributed by atoms with E-state index in [2.05, 4.69) is 34.6 Å². The van der Waals surface area contributed by atoms with Crippen LogP contribution in [0.1, 0.15) is 12.5 Å². The highest BCUT2D eigenvalue weighted by Crippen LogP contribution is 2.14. The molecule has 0 unspecified atom stereocenters. The molecule has 0 aliphatic rings. The third-order valence-corrected chi connectivity index (χ3v) is 2.64. The van der Waals surface area contributed by atoms with Crippen molar-refractivity contribution in [2.45, 2.75) is 6.92 Å². The smallest absolute Gasteiger partial charge is 0.184 e. The molecule has 0 radical (unpaired) electrons. The molecule has 1 aromatic rings. The lowest BCUT2D eigenvalue weighted by molar-refractivity contribution is 0.870. The van der Waals surface area contributed by atoms with Gasteiger partial charge in [0.15, 0.2) is 5.11 Å². The highest BCUT2D eigenvalue weighted by Gasteiger charge is 2.02. The molecule has 0 fully saturated rings. The summed E-state index contributed by atoms with van der Waals surface area (Å²) in [6.07, 6.45) is 1.67. The lowest BCUT2D eigenvalue weighted by Gasteiger charge is -2.21. The van der Waals surface area contributed by atoms with E-state index in [1.165, 1.54) is 0 Å². The van der Waals surface area contributed by atoms with Gasteiger partial charge in [-0.05, 0) is 36.8 Å². The monoisotopic (exact) mass is 284 g/mol. The molecule has 0 amide bonds. The second-order valence-electron chi connectivity index (χ2n) is 3.59. The average molecular weight is 285 g/mol. The Morgan fingerprint density at radius 3 is 2.67 bits per heavy atom. The second kappa shape index (κ2) is 7.89. The molecule has 0 aromatic heterocycles. The summed E-state index contributed by atoms with van der Waals surface area (Å²) < 4.78 is 0. The molecule has 4 nitrogen and oxygen atoms in total. The summed E-state index contributed by atoms with van der Waals surface area (Å²) in [6, 6.07) is 8.05. The van der Waals surface area contributed by atoms with Crippen molar-refractivity contribution in [3.05, 3.63) is 29.8 Å². The number of nitrogens with two attached hydrogens (primary N) is 1. The van der Waals surface area contributed by atoms with Crippen LogP contribution in [0.5, 0.6) is 0 Å². The van der Waals surface area contributed by atoms with Crippen molar-refractivity contribution in [1.29, 1.82) is 0 Å². The second-order valence-corrected chi connectivity index (χ2v) is 4.41. The van der Waals surface area contributed by atoms with E-state index in [9.17, 15) is 0 Å². The standard InChI is InChI=1S/C12H17ClN4S/c1-2-17(8-7-13)11-5-3-10(4-6-11)9-15-16-12(14)18/h3-6,9H,2,7-8H2,1H3,(H3,14,16,18). The molecule has 0 aliphatic carbocycles. The Morgan fingerprint density at radius 1 is 1.50 bits per heavy atom. The van der Waals surface area contributed by atoms with Crippen LogP contribution in [-0.2, 0) is 0 Å². The van der Waals surface area contributed by atoms with Crippen molar-refractivity contribution in [2.24, 2.45) is 10.8 Å². The Morgan fingerprint density at radius 2 is 2.17 bits per heavy atom. The van der Waals surface area contributed by atoms with Gasteiger partial charge in [0, 0.05) is 24.7 Å². The van der Waals surface area contributed by atoms with Crippen molar-refractivity contribution in [1.82, 2.24) is 5.43 Å². The van der Waals surface area contributed by atoms with E-state index in [0.29, 0.717) is 5.88 Å². The van der Waals surface area contributed by atoms with Gasteiger partial charge in [0.25, 0.3) is 0 Å². The normalized spacial score (nSPS) is 10.6. The summed E-state index contributed by atoms with van der Waals surface area (Å²) in [5.41, 5.74) is 9.90. The number of hydrazone groups is 1. The molecule has 0 heterocycles. The Bertz CT molecular complexity index is 405. The van der Waals surface area contributed by atoms with Crippen LogP contribution < -0.4 is 16.1 Å². The number of anilines is 1. The lowest BCUT2D eigenvalue weighted by atomic mass is 10.2. The van der Waals surface area contributed by atoms with E-state index in [1.54, 1.807) is 6.21 Å². The quantitative estimate of drug-likeness (QED) is 0.363. The maximum atomic E-state index is 5.76. The molecular formula is C12H17ClN4S. The van der Waals surface area contributed by atoms with E-state index in [0.717, 1.165) is 24.3 Å². The highest BCUT2D eigenvalue weighted by atomic mass is 35.5. The summed E-state index contributed by atoms with van der Waals surface area (Å²) in [6.45, 7) is 3.88. The third-order valence-electron chi connectivity index (χ3n) is 2.38. The van der Waals surface area contributed by atoms with Gasteiger partial charge in [-0.3, -0.25) is 5.43 Å². The molecule has 98 valence electrons. The number of thiocarbonyl (C=S) groups is 1. The Hall–Kier alpha value is -1.33. The van der Waals surface area contributed by atoms with Crippen LogP contribution >= 0.6 is 23.8 Å². The summed E-state index contributed by atoms with van der Waals surface area (Å²) in [4.78, 5) is 2.21. The van der Waals surface area contributed by atoms with Crippen molar-refractivity contribution in [3.8, 4) is 0 Å². The molecule has 0 bridgehead atoms. The zero-order valence-electron chi connectivity index (χ0n) is 10.3. The summed E-state index contributed by atoms with van der Waals surface area (Å²) in [5.74, 6) is 0.620.